The molecule has 0 saturated carbocycles. The normalized spacial score (nSPS) is 11.2. The molecule has 2 rings (SSSR count). The molecule has 1 aromatic carbocycles. The van der Waals surface area contributed by atoms with Crippen LogP contribution in [0.25, 0.3) is 0 Å². The second-order valence-corrected chi connectivity index (χ2v) is 4.03. The summed E-state index contributed by atoms with van der Waals surface area (Å²) < 4.78 is 43.2. The number of benzene rings is 1. The maximum Gasteiger partial charge on any atom is 0.416 e. The Morgan fingerprint density at radius 3 is 2.60 bits per heavy atom. The molecule has 0 aliphatic heterocycles. The third-order valence-corrected chi connectivity index (χ3v) is 2.65. The molecule has 0 atom stereocenters. The van der Waals surface area contributed by atoms with Crippen molar-refractivity contribution < 1.29 is 17.9 Å². The first kappa shape index (κ1) is 14.1. The third kappa shape index (κ3) is 2.98. The summed E-state index contributed by atoms with van der Waals surface area (Å²) in [5.41, 5.74) is -0.150. The van der Waals surface area contributed by atoms with E-state index < -0.39 is 11.7 Å². The van der Waals surface area contributed by atoms with Crippen molar-refractivity contribution in [3.8, 4) is 11.6 Å². The molecular weight excluding hydrogens is 271 g/mol. The van der Waals surface area contributed by atoms with Crippen LogP contribution in [-0.2, 0) is 6.18 Å². The highest BCUT2D eigenvalue weighted by atomic mass is 19.4. The minimum absolute atomic E-state index is 0.0729. The number of nitrogens with one attached hydrogen (secondary N) is 1. The van der Waals surface area contributed by atoms with Crippen molar-refractivity contribution in [3.63, 3.8) is 0 Å². The molecule has 0 bridgehead atoms. The minimum atomic E-state index is -4.41. The fraction of sp³-hybridized carbons (Fsp3) is 0.231. The lowest BCUT2D eigenvalue weighted by atomic mass is 10.2. The Labute approximate surface area is 113 Å². The fourth-order valence-corrected chi connectivity index (χ4v) is 1.64. The number of halogens is 3. The summed E-state index contributed by atoms with van der Waals surface area (Å²) in [7, 11) is 1.68. The van der Waals surface area contributed by atoms with Crippen LogP contribution in [0.15, 0.2) is 30.6 Å². The van der Waals surface area contributed by atoms with E-state index >= 15 is 0 Å². The maximum atomic E-state index is 12.6. The average Bonchev–Trinajstić information content (AvgIpc) is 2.40. The minimum Gasteiger partial charge on any atom is -0.439 e. The highest BCUT2D eigenvalue weighted by Gasteiger charge is 2.30. The van der Waals surface area contributed by atoms with Crippen LogP contribution in [0.1, 0.15) is 11.1 Å². The van der Waals surface area contributed by atoms with Gasteiger partial charge < -0.3 is 10.1 Å². The van der Waals surface area contributed by atoms with E-state index in [-0.39, 0.29) is 11.6 Å². The Hall–Kier alpha value is -2.31. The van der Waals surface area contributed by atoms with Gasteiger partial charge in [0.1, 0.15) is 17.9 Å². The summed E-state index contributed by atoms with van der Waals surface area (Å²) in [4.78, 5) is 7.89. The number of hydrogen-bond acceptors (Lipinski definition) is 4. The number of hydrogen-bond donors (Lipinski definition) is 1. The van der Waals surface area contributed by atoms with Gasteiger partial charge in [-0.1, -0.05) is 6.07 Å². The number of anilines is 1. The van der Waals surface area contributed by atoms with Crippen molar-refractivity contribution in [3.05, 3.63) is 41.7 Å². The summed E-state index contributed by atoms with van der Waals surface area (Å²) >= 11 is 0. The summed E-state index contributed by atoms with van der Waals surface area (Å²) in [5, 5.41) is 2.85. The molecule has 20 heavy (non-hydrogen) atoms. The van der Waals surface area contributed by atoms with Crippen molar-refractivity contribution in [1.82, 2.24) is 9.97 Å². The highest BCUT2D eigenvalue weighted by Crippen LogP contribution is 2.33. The van der Waals surface area contributed by atoms with E-state index in [0.717, 1.165) is 12.1 Å². The number of nitrogens with zero attached hydrogens (tertiary/aromatic N) is 2. The fourth-order valence-electron chi connectivity index (χ4n) is 1.64. The largest absolute Gasteiger partial charge is 0.439 e. The molecule has 7 heteroatoms. The van der Waals surface area contributed by atoms with Gasteiger partial charge in [-0.2, -0.15) is 13.2 Å². The van der Waals surface area contributed by atoms with E-state index in [1.807, 2.05) is 0 Å². The van der Waals surface area contributed by atoms with E-state index in [2.05, 4.69) is 15.3 Å². The SMILES string of the molecule is CNc1ncnc(Oc2cccc(C(F)(F)F)c2)c1C. The van der Waals surface area contributed by atoms with Crippen LogP contribution in [0.5, 0.6) is 11.6 Å². The molecule has 0 spiro atoms. The monoisotopic (exact) mass is 283 g/mol. The van der Waals surface area contributed by atoms with Crippen LogP contribution in [0.4, 0.5) is 19.0 Å². The quantitative estimate of drug-likeness (QED) is 0.934. The van der Waals surface area contributed by atoms with Gasteiger partial charge in [-0.15, -0.1) is 0 Å². The molecule has 0 fully saturated rings. The predicted octanol–water partition coefficient (Wildman–Crippen LogP) is 3.64. The molecule has 4 nitrogen and oxygen atoms in total. The summed E-state index contributed by atoms with van der Waals surface area (Å²) in [6, 6.07) is 4.64. The summed E-state index contributed by atoms with van der Waals surface area (Å²) in [6.45, 7) is 1.72. The van der Waals surface area contributed by atoms with Gasteiger partial charge in [0, 0.05) is 7.05 Å². The second kappa shape index (κ2) is 5.36. The lowest BCUT2D eigenvalue weighted by molar-refractivity contribution is -0.137. The average molecular weight is 283 g/mol. The smallest absolute Gasteiger partial charge is 0.416 e. The summed E-state index contributed by atoms with van der Waals surface area (Å²) in [6.07, 6.45) is -3.13. The zero-order valence-corrected chi connectivity index (χ0v) is 10.8. The number of aromatic nitrogens is 2. The first-order valence-electron chi connectivity index (χ1n) is 5.76. The van der Waals surface area contributed by atoms with Crippen LogP contribution >= 0.6 is 0 Å². The Morgan fingerprint density at radius 1 is 1.20 bits per heavy atom. The molecular formula is C13H12F3N3O. The van der Waals surface area contributed by atoms with Gasteiger partial charge in [-0.3, -0.25) is 0 Å². The van der Waals surface area contributed by atoms with Gasteiger partial charge in [0.2, 0.25) is 5.88 Å². The van der Waals surface area contributed by atoms with E-state index in [1.54, 1.807) is 14.0 Å². The van der Waals surface area contributed by atoms with Gasteiger partial charge in [-0.05, 0) is 25.1 Å². The summed E-state index contributed by atoms with van der Waals surface area (Å²) in [5.74, 6) is 0.842. The van der Waals surface area contributed by atoms with Gasteiger partial charge in [-0.25, -0.2) is 9.97 Å². The van der Waals surface area contributed by atoms with Crippen molar-refractivity contribution in [2.45, 2.75) is 13.1 Å². The van der Waals surface area contributed by atoms with Gasteiger partial charge in [0.15, 0.2) is 0 Å². The molecule has 0 saturated heterocycles. The van der Waals surface area contributed by atoms with Crippen LogP contribution < -0.4 is 10.1 Å². The molecule has 2 aromatic rings. The lowest BCUT2D eigenvalue weighted by Crippen LogP contribution is -2.05. The van der Waals surface area contributed by atoms with Crippen molar-refractivity contribution in [2.24, 2.45) is 0 Å². The Kier molecular flexibility index (Phi) is 3.78. The van der Waals surface area contributed by atoms with Gasteiger partial charge in [0.05, 0.1) is 11.1 Å². The Morgan fingerprint density at radius 2 is 1.95 bits per heavy atom. The van der Waals surface area contributed by atoms with Crippen molar-refractivity contribution in [2.75, 3.05) is 12.4 Å². The zero-order chi connectivity index (χ0) is 14.8. The highest BCUT2D eigenvalue weighted by molar-refractivity contribution is 5.48. The van der Waals surface area contributed by atoms with E-state index in [1.165, 1.54) is 18.5 Å². The number of rotatable bonds is 3. The second-order valence-electron chi connectivity index (χ2n) is 4.03. The molecule has 106 valence electrons. The zero-order valence-electron chi connectivity index (χ0n) is 10.8. The van der Waals surface area contributed by atoms with Crippen molar-refractivity contribution >= 4 is 5.82 Å². The molecule has 1 heterocycles. The first-order chi connectivity index (χ1) is 9.41. The standard InChI is InChI=1S/C13H12F3N3O/c1-8-11(17-2)18-7-19-12(8)20-10-5-3-4-9(6-10)13(14,15)16/h3-7H,1-2H3,(H,17,18,19). The van der Waals surface area contributed by atoms with Crippen LogP contribution in [0.2, 0.25) is 0 Å². The van der Waals surface area contributed by atoms with Gasteiger partial charge >= 0.3 is 6.18 Å². The molecule has 0 amide bonds. The van der Waals surface area contributed by atoms with Crippen LogP contribution in [-0.4, -0.2) is 17.0 Å². The molecule has 0 radical (unpaired) electrons. The Bertz CT molecular complexity index is 614. The first-order valence-corrected chi connectivity index (χ1v) is 5.76. The Balaban J connectivity index is 2.31. The predicted molar refractivity (Wildman–Crippen MR) is 67.8 cm³/mol. The maximum absolute atomic E-state index is 12.6. The number of ether oxygens (including phenoxy) is 1. The number of alkyl halides is 3. The van der Waals surface area contributed by atoms with E-state index in [4.69, 9.17) is 4.74 Å². The van der Waals surface area contributed by atoms with Crippen molar-refractivity contribution in [1.29, 1.82) is 0 Å². The van der Waals surface area contributed by atoms with Crippen LogP contribution in [0.3, 0.4) is 0 Å². The third-order valence-electron chi connectivity index (χ3n) is 2.65. The molecule has 1 N–H and O–H groups in total. The molecule has 0 unspecified atom stereocenters. The molecule has 0 aliphatic rings. The topological polar surface area (TPSA) is 47.0 Å². The van der Waals surface area contributed by atoms with E-state index in [0.29, 0.717) is 11.4 Å². The molecule has 0 aliphatic carbocycles. The lowest BCUT2D eigenvalue weighted by Gasteiger charge is -2.12. The van der Waals surface area contributed by atoms with Crippen LogP contribution in [0, 0.1) is 6.92 Å². The van der Waals surface area contributed by atoms with E-state index in [9.17, 15) is 13.2 Å². The molecule has 1 aromatic heterocycles. The van der Waals surface area contributed by atoms with Gasteiger partial charge in [0.25, 0.3) is 0 Å².